The zero-order chi connectivity index (χ0) is 24.5. The molecule has 1 aliphatic heterocycles. The summed E-state index contributed by atoms with van der Waals surface area (Å²) in [5.41, 5.74) is 8.52. The van der Waals surface area contributed by atoms with Crippen molar-refractivity contribution in [1.82, 2.24) is 25.0 Å². The maximum atomic E-state index is 9.14. The normalized spacial score (nSPS) is 18.5. The summed E-state index contributed by atoms with van der Waals surface area (Å²) in [5, 5.41) is 18.1. The molecule has 3 aromatic rings. The molecule has 0 unspecified atom stereocenters. The van der Waals surface area contributed by atoms with Crippen LogP contribution in [0.5, 0.6) is 0 Å². The maximum absolute atomic E-state index is 9.14. The van der Waals surface area contributed by atoms with Gasteiger partial charge in [-0.3, -0.25) is 4.98 Å². The minimum Gasteiger partial charge on any atom is -0.395 e. The highest BCUT2D eigenvalue weighted by Crippen LogP contribution is 2.54. The van der Waals surface area contributed by atoms with Crippen molar-refractivity contribution < 1.29 is 5.11 Å². The predicted octanol–water partition coefficient (Wildman–Crippen LogP) is 5.03. The number of nitrogens with zero attached hydrogens (tertiary/aromatic N) is 6. The van der Waals surface area contributed by atoms with Crippen molar-refractivity contribution >= 4 is 28.9 Å². The van der Waals surface area contributed by atoms with Crippen LogP contribution in [-0.2, 0) is 0 Å². The van der Waals surface area contributed by atoms with Crippen molar-refractivity contribution in [1.29, 1.82) is 0 Å². The van der Waals surface area contributed by atoms with E-state index in [1.165, 1.54) is 49.6 Å². The summed E-state index contributed by atoms with van der Waals surface area (Å²) in [4.78, 5) is 12.0. The molecule has 3 aliphatic rings. The first-order valence-corrected chi connectivity index (χ1v) is 14.0. The highest BCUT2D eigenvalue weighted by Gasteiger charge is 2.44. The van der Waals surface area contributed by atoms with Gasteiger partial charge in [-0.2, -0.15) is 0 Å². The van der Waals surface area contributed by atoms with Crippen molar-refractivity contribution in [2.45, 2.75) is 51.9 Å². The number of nitrogens with one attached hydrogen (secondary N) is 1. The van der Waals surface area contributed by atoms with E-state index in [-0.39, 0.29) is 6.61 Å². The number of rotatable bonds is 8. The van der Waals surface area contributed by atoms with Crippen LogP contribution in [0.4, 0.5) is 11.4 Å². The Bertz CT molecular complexity index is 1270. The molecular formula is C27H33N7OS. The van der Waals surface area contributed by atoms with E-state index < -0.39 is 0 Å². The fourth-order valence-electron chi connectivity index (χ4n) is 5.37. The molecule has 1 aromatic carbocycles. The van der Waals surface area contributed by atoms with Crippen LogP contribution in [0.3, 0.4) is 0 Å². The monoisotopic (exact) mass is 503 g/mol. The summed E-state index contributed by atoms with van der Waals surface area (Å²) < 4.78 is 5.23. The smallest absolute Gasteiger partial charge is 0.133 e. The van der Waals surface area contributed by atoms with Crippen molar-refractivity contribution in [2.75, 3.05) is 35.1 Å². The summed E-state index contributed by atoms with van der Waals surface area (Å²) >= 11 is 1.51. The number of piperidine rings is 1. The lowest BCUT2D eigenvalue weighted by molar-refractivity contribution is 0.322. The number of benzene rings is 1. The Balaban J connectivity index is 1.31. The lowest BCUT2D eigenvalue weighted by Gasteiger charge is -2.35. The highest BCUT2D eigenvalue weighted by molar-refractivity contribution is 8.00. The van der Waals surface area contributed by atoms with Crippen LogP contribution in [0.25, 0.3) is 22.6 Å². The van der Waals surface area contributed by atoms with Gasteiger partial charge in [-0.25, -0.2) is 9.67 Å². The van der Waals surface area contributed by atoms with E-state index in [1.54, 1.807) is 6.20 Å². The van der Waals surface area contributed by atoms with Crippen molar-refractivity contribution in [3.8, 4) is 17.1 Å². The van der Waals surface area contributed by atoms with Gasteiger partial charge in [0.2, 0.25) is 0 Å². The number of aromatic nitrogens is 5. The van der Waals surface area contributed by atoms with E-state index in [1.807, 2.05) is 17.8 Å². The Morgan fingerprint density at radius 2 is 1.97 bits per heavy atom. The first-order valence-electron chi connectivity index (χ1n) is 13.0. The van der Waals surface area contributed by atoms with Gasteiger partial charge < -0.3 is 14.7 Å². The van der Waals surface area contributed by atoms with E-state index in [0.717, 1.165) is 65.8 Å². The van der Waals surface area contributed by atoms with E-state index in [0.29, 0.717) is 11.2 Å². The summed E-state index contributed by atoms with van der Waals surface area (Å²) in [6.45, 7) is 4.29. The third-order valence-electron chi connectivity index (χ3n) is 7.78. The molecule has 0 radical (unpaired) electrons. The van der Waals surface area contributed by atoms with Gasteiger partial charge in [-0.1, -0.05) is 23.2 Å². The summed E-state index contributed by atoms with van der Waals surface area (Å²) in [5.74, 6) is 0.645. The predicted molar refractivity (Wildman–Crippen MR) is 145 cm³/mol. The number of aliphatic hydroxyl groups excluding tert-OH is 1. The second kappa shape index (κ2) is 9.86. The zero-order valence-electron chi connectivity index (χ0n) is 20.8. The number of aryl methyl sites for hydroxylation is 1. The molecule has 1 spiro atoms. The minimum absolute atomic E-state index is 0.152. The third-order valence-corrected chi connectivity index (χ3v) is 8.55. The number of hydrogen-bond donors (Lipinski definition) is 2. The fraction of sp³-hybridized carbons (Fsp3) is 0.481. The average Bonchev–Trinajstić information content (AvgIpc) is 3.29. The Hall–Kier alpha value is -2.91. The molecule has 2 aromatic heterocycles. The van der Waals surface area contributed by atoms with Crippen LogP contribution >= 0.6 is 11.9 Å². The average molecular weight is 504 g/mol. The minimum atomic E-state index is 0.152. The Labute approximate surface area is 216 Å². The first kappa shape index (κ1) is 23.5. The first-order chi connectivity index (χ1) is 17.6. The molecule has 2 fully saturated rings. The third kappa shape index (κ3) is 4.74. The quantitative estimate of drug-likeness (QED) is 0.327. The molecule has 0 bridgehead atoms. The SMILES string of the molecule is Cc1ncc(-c2cn(-c3ccc(NSCCO)cc3N3CCC4(CC3)CC4)nn2)nc1C1=CCCC1. The molecule has 0 atom stereocenters. The molecule has 36 heavy (non-hydrogen) atoms. The van der Waals surface area contributed by atoms with E-state index in [4.69, 9.17) is 10.1 Å². The van der Waals surface area contributed by atoms with E-state index in [9.17, 15) is 0 Å². The summed E-state index contributed by atoms with van der Waals surface area (Å²) in [6, 6.07) is 6.36. The van der Waals surface area contributed by atoms with E-state index in [2.05, 4.69) is 49.2 Å². The second-order valence-electron chi connectivity index (χ2n) is 10.2. The zero-order valence-corrected chi connectivity index (χ0v) is 21.6. The van der Waals surface area contributed by atoms with Gasteiger partial charge in [-0.05, 0) is 81.1 Å². The van der Waals surface area contributed by atoms with Crippen LogP contribution in [0.2, 0.25) is 0 Å². The summed E-state index contributed by atoms with van der Waals surface area (Å²) in [7, 11) is 0. The fourth-order valence-corrected chi connectivity index (χ4v) is 5.86. The number of anilines is 2. The van der Waals surface area contributed by atoms with Crippen LogP contribution < -0.4 is 9.62 Å². The van der Waals surface area contributed by atoms with Crippen molar-refractivity contribution in [3.05, 3.63) is 48.1 Å². The Kier molecular flexibility index (Phi) is 6.43. The van der Waals surface area contributed by atoms with Gasteiger partial charge in [0.05, 0.1) is 41.8 Å². The molecule has 1 saturated carbocycles. The van der Waals surface area contributed by atoms with Crippen LogP contribution in [0.15, 0.2) is 36.7 Å². The van der Waals surface area contributed by atoms with Gasteiger partial charge in [0.15, 0.2) is 0 Å². The van der Waals surface area contributed by atoms with Gasteiger partial charge in [0.1, 0.15) is 11.4 Å². The molecule has 2 aliphatic carbocycles. The highest BCUT2D eigenvalue weighted by atomic mass is 32.2. The number of hydrogen-bond acceptors (Lipinski definition) is 8. The molecule has 1 saturated heterocycles. The molecule has 8 nitrogen and oxygen atoms in total. The van der Waals surface area contributed by atoms with Crippen LogP contribution in [0, 0.1) is 12.3 Å². The largest absolute Gasteiger partial charge is 0.395 e. The Morgan fingerprint density at radius 3 is 2.72 bits per heavy atom. The lowest BCUT2D eigenvalue weighted by Crippen LogP contribution is -2.35. The molecule has 188 valence electrons. The van der Waals surface area contributed by atoms with Gasteiger partial charge in [0, 0.05) is 24.5 Å². The van der Waals surface area contributed by atoms with Crippen LogP contribution in [0.1, 0.15) is 56.3 Å². The topological polar surface area (TPSA) is 92.0 Å². The molecule has 6 rings (SSSR count). The van der Waals surface area contributed by atoms with Crippen LogP contribution in [-0.4, -0.2) is 55.5 Å². The summed E-state index contributed by atoms with van der Waals surface area (Å²) in [6.07, 6.45) is 14.7. The molecular weight excluding hydrogens is 470 g/mol. The molecule has 2 N–H and O–H groups in total. The van der Waals surface area contributed by atoms with Gasteiger partial charge in [-0.15, -0.1) is 5.10 Å². The molecule has 0 amide bonds. The van der Waals surface area contributed by atoms with E-state index >= 15 is 0 Å². The number of aliphatic hydroxyl groups is 1. The Morgan fingerprint density at radius 1 is 1.11 bits per heavy atom. The maximum Gasteiger partial charge on any atom is 0.133 e. The number of allylic oxidation sites excluding steroid dienone is 2. The molecule has 3 heterocycles. The van der Waals surface area contributed by atoms with Gasteiger partial charge >= 0.3 is 0 Å². The standard InChI is InChI=1S/C27H33N7OS/c1-19-26(20-4-2-3-5-20)29-22(17-28-19)23-18-34(32-30-23)24-7-6-21(31-36-15-14-35)16-25(24)33-12-10-27(8-9-27)11-13-33/h4,6-7,16-18,31,35H,2-3,5,8-15H2,1H3. The van der Waals surface area contributed by atoms with Crippen molar-refractivity contribution in [3.63, 3.8) is 0 Å². The molecule has 9 heteroatoms. The van der Waals surface area contributed by atoms with Crippen molar-refractivity contribution in [2.24, 2.45) is 5.41 Å². The lowest BCUT2D eigenvalue weighted by atomic mass is 9.93. The van der Waals surface area contributed by atoms with Gasteiger partial charge in [0.25, 0.3) is 0 Å². The second-order valence-corrected chi connectivity index (χ2v) is 11.1.